The number of rotatable bonds is 4. The van der Waals surface area contributed by atoms with Crippen molar-refractivity contribution in [3.8, 4) is 11.6 Å². The van der Waals surface area contributed by atoms with Gasteiger partial charge in [-0.05, 0) is 0 Å². The Bertz CT molecular complexity index is 670. The highest BCUT2D eigenvalue weighted by Crippen LogP contribution is 2.17. The Labute approximate surface area is 113 Å². The van der Waals surface area contributed by atoms with Crippen LogP contribution in [-0.4, -0.2) is 29.0 Å². The molecule has 8 heteroatoms. The number of amides is 1. The summed E-state index contributed by atoms with van der Waals surface area (Å²) in [5.41, 5.74) is 0.151. The highest BCUT2D eigenvalue weighted by Gasteiger charge is 2.18. The molecule has 0 unspecified atom stereocenters. The molecule has 0 aliphatic heterocycles. The van der Waals surface area contributed by atoms with E-state index in [1.807, 2.05) is 0 Å². The molecular weight excluding hydrogens is 266 g/mol. The van der Waals surface area contributed by atoms with E-state index in [0.29, 0.717) is 11.6 Å². The molecule has 0 aliphatic rings. The molecule has 2 heterocycles. The maximum atomic E-state index is 11.8. The average Bonchev–Trinajstić information content (AvgIpc) is 3.05. The first kappa shape index (κ1) is 13.5. The Balaban J connectivity index is 2.11. The number of esters is 1. The fraction of sp³-hybridized carbons (Fsp3) is 0.167. The summed E-state index contributed by atoms with van der Waals surface area (Å²) < 4.78 is 14.5. The van der Waals surface area contributed by atoms with E-state index in [2.05, 4.69) is 26.6 Å². The van der Waals surface area contributed by atoms with E-state index in [-0.39, 0.29) is 17.3 Å². The number of hydrogen-bond donors (Lipinski definition) is 1. The van der Waals surface area contributed by atoms with Gasteiger partial charge in [0.25, 0.3) is 5.91 Å². The fourth-order valence-corrected chi connectivity index (χ4v) is 1.33. The number of nitrogens with one attached hydrogen (secondary N) is 1. The second-order valence-corrected chi connectivity index (χ2v) is 3.71. The molecule has 0 saturated carbocycles. The maximum absolute atomic E-state index is 11.8. The third kappa shape index (κ3) is 2.74. The van der Waals surface area contributed by atoms with Crippen LogP contribution in [0, 0.1) is 6.92 Å². The zero-order chi connectivity index (χ0) is 14.7. The summed E-state index contributed by atoms with van der Waals surface area (Å²) in [5, 5.41) is 2.24. The molecule has 2 rings (SSSR count). The molecule has 8 nitrogen and oxygen atoms in total. The van der Waals surface area contributed by atoms with Crippen molar-refractivity contribution in [1.29, 1.82) is 0 Å². The monoisotopic (exact) mass is 277 g/mol. The van der Waals surface area contributed by atoms with Crippen LogP contribution in [0.4, 0.5) is 0 Å². The summed E-state index contributed by atoms with van der Waals surface area (Å²) in [4.78, 5) is 30.8. The Hall–Kier alpha value is -2.90. The van der Waals surface area contributed by atoms with E-state index in [9.17, 15) is 9.59 Å². The van der Waals surface area contributed by atoms with Gasteiger partial charge in [-0.2, -0.15) is 0 Å². The van der Waals surface area contributed by atoms with Crippen molar-refractivity contribution in [1.82, 2.24) is 15.3 Å². The average molecular weight is 277 g/mol. The highest BCUT2D eigenvalue weighted by molar-refractivity contribution is 5.99. The summed E-state index contributed by atoms with van der Waals surface area (Å²) in [6, 6.07) is 0. The number of hydrogen-bond acceptors (Lipinski definition) is 7. The molecule has 0 aliphatic carbocycles. The van der Waals surface area contributed by atoms with Crippen molar-refractivity contribution in [2.75, 3.05) is 7.11 Å². The predicted octanol–water partition coefficient (Wildman–Crippen LogP) is 1.05. The molecule has 2 aromatic rings. The Morgan fingerprint density at radius 3 is 2.65 bits per heavy atom. The Kier molecular flexibility index (Phi) is 3.65. The third-order valence-corrected chi connectivity index (χ3v) is 2.27. The number of aromatic nitrogens is 2. The number of aryl methyl sites for hydroxylation is 1. The van der Waals surface area contributed by atoms with Gasteiger partial charge in [0.2, 0.25) is 5.89 Å². The summed E-state index contributed by atoms with van der Waals surface area (Å²) in [6.07, 6.45) is 2.50. The van der Waals surface area contributed by atoms with Crippen LogP contribution in [0.5, 0.6) is 0 Å². The first-order valence-corrected chi connectivity index (χ1v) is 5.48. The topological polar surface area (TPSA) is 107 Å². The number of methoxy groups -OCH3 is 1. The molecule has 0 saturated heterocycles. The van der Waals surface area contributed by atoms with Gasteiger partial charge >= 0.3 is 5.97 Å². The standard InChI is InChI=1S/C12H11N3O5/c1-6(12(17)18-3)13-10(16)8-4-20-11(15-8)9-5-19-7(2)14-9/h4-5H,1H2,2-3H3,(H,13,16). The van der Waals surface area contributed by atoms with Crippen LogP contribution in [0.3, 0.4) is 0 Å². The largest absolute Gasteiger partial charge is 0.464 e. The normalized spacial score (nSPS) is 10.1. The lowest BCUT2D eigenvalue weighted by Crippen LogP contribution is -2.27. The fourth-order valence-electron chi connectivity index (χ4n) is 1.33. The van der Waals surface area contributed by atoms with Gasteiger partial charge in [0.1, 0.15) is 18.2 Å². The van der Waals surface area contributed by atoms with E-state index in [1.165, 1.54) is 13.4 Å². The second kappa shape index (κ2) is 5.39. The molecular formula is C12H11N3O5. The SMILES string of the molecule is C=C(NC(=O)c1coc(-c2coc(C)n2)n1)C(=O)OC. The second-order valence-electron chi connectivity index (χ2n) is 3.71. The molecule has 0 spiro atoms. The van der Waals surface area contributed by atoms with Gasteiger partial charge in [0, 0.05) is 6.92 Å². The third-order valence-electron chi connectivity index (χ3n) is 2.27. The van der Waals surface area contributed by atoms with E-state index in [0.717, 1.165) is 6.26 Å². The van der Waals surface area contributed by atoms with Crippen molar-refractivity contribution < 1.29 is 23.2 Å². The van der Waals surface area contributed by atoms with Crippen LogP contribution < -0.4 is 5.32 Å². The summed E-state index contributed by atoms with van der Waals surface area (Å²) in [7, 11) is 1.18. The first-order chi connectivity index (χ1) is 9.51. The van der Waals surface area contributed by atoms with E-state index >= 15 is 0 Å². The lowest BCUT2D eigenvalue weighted by atomic mass is 10.4. The van der Waals surface area contributed by atoms with Crippen molar-refractivity contribution in [3.05, 3.63) is 36.4 Å². The van der Waals surface area contributed by atoms with Crippen molar-refractivity contribution in [2.45, 2.75) is 6.92 Å². The molecule has 1 amide bonds. The lowest BCUT2D eigenvalue weighted by molar-refractivity contribution is -0.136. The highest BCUT2D eigenvalue weighted by atomic mass is 16.5. The van der Waals surface area contributed by atoms with Crippen molar-refractivity contribution in [2.24, 2.45) is 0 Å². The van der Waals surface area contributed by atoms with Gasteiger partial charge in [0.15, 0.2) is 17.3 Å². The van der Waals surface area contributed by atoms with Crippen LogP contribution in [0.1, 0.15) is 16.4 Å². The molecule has 2 aromatic heterocycles. The van der Waals surface area contributed by atoms with Crippen LogP contribution in [0.2, 0.25) is 0 Å². The van der Waals surface area contributed by atoms with Gasteiger partial charge in [-0.1, -0.05) is 6.58 Å². The zero-order valence-corrected chi connectivity index (χ0v) is 10.8. The number of carbonyl (C=O) groups is 2. The van der Waals surface area contributed by atoms with Gasteiger partial charge in [0.05, 0.1) is 7.11 Å². The summed E-state index contributed by atoms with van der Waals surface area (Å²) >= 11 is 0. The van der Waals surface area contributed by atoms with Crippen LogP contribution >= 0.6 is 0 Å². The Morgan fingerprint density at radius 2 is 2.05 bits per heavy atom. The molecule has 0 aromatic carbocycles. The zero-order valence-electron chi connectivity index (χ0n) is 10.8. The van der Waals surface area contributed by atoms with Gasteiger partial charge in [-0.25, -0.2) is 14.8 Å². The minimum absolute atomic E-state index is 0.0225. The number of oxazole rings is 2. The number of ether oxygens (including phenoxy) is 1. The molecule has 1 N–H and O–H groups in total. The molecule has 0 radical (unpaired) electrons. The van der Waals surface area contributed by atoms with Crippen molar-refractivity contribution in [3.63, 3.8) is 0 Å². The lowest BCUT2D eigenvalue weighted by Gasteiger charge is -2.03. The molecule has 104 valence electrons. The van der Waals surface area contributed by atoms with Crippen LogP contribution in [0.15, 0.2) is 33.6 Å². The first-order valence-electron chi connectivity index (χ1n) is 5.48. The van der Waals surface area contributed by atoms with E-state index in [4.69, 9.17) is 8.83 Å². The molecule has 20 heavy (non-hydrogen) atoms. The van der Waals surface area contributed by atoms with E-state index in [1.54, 1.807) is 6.92 Å². The molecule has 0 bridgehead atoms. The van der Waals surface area contributed by atoms with Gasteiger partial charge < -0.3 is 18.9 Å². The summed E-state index contributed by atoms with van der Waals surface area (Å²) in [5.74, 6) is -0.802. The van der Waals surface area contributed by atoms with Gasteiger partial charge in [-0.15, -0.1) is 0 Å². The smallest absolute Gasteiger partial charge is 0.353 e. The van der Waals surface area contributed by atoms with Gasteiger partial charge in [-0.3, -0.25) is 4.79 Å². The quantitative estimate of drug-likeness (QED) is 0.657. The molecule has 0 atom stereocenters. The predicted molar refractivity (Wildman–Crippen MR) is 65.4 cm³/mol. The number of nitrogens with zero attached hydrogens (tertiary/aromatic N) is 2. The van der Waals surface area contributed by atoms with E-state index < -0.39 is 11.9 Å². The minimum Gasteiger partial charge on any atom is -0.464 e. The maximum Gasteiger partial charge on any atom is 0.353 e. The van der Waals surface area contributed by atoms with Crippen LogP contribution in [-0.2, 0) is 9.53 Å². The number of carbonyl (C=O) groups excluding carboxylic acids is 2. The Morgan fingerprint density at radius 1 is 1.30 bits per heavy atom. The van der Waals surface area contributed by atoms with Crippen LogP contribution in [0.25, 0.3) is 11.6 Å². The summed E-state index contributed by atoms with van der Waals surface area (Å²) in [6.45, 7) is 5.03. The van der Waals surface area contributed by atoms with Crippen molar-refractivity contribution >= 4 is 11.9 Å². The minimum atomic E-state index is -0.741. The molecule has 0 fully saturated rings.